The summed E-state index contributed by atoms with van der Waals surface area (Å²) < 4.78 is 48.1. The smallest absolute Gasteiger partial charge is 0.194 e. The number of halogens is 4. The molecule has 0 amide bonds. The lowest BCUT2D eigenvalue weighted by Crippen LogP contribution is -2.55. The molecule has 0 aliphatic carbocycles. The number of hydrogen-bond donors (Lipinski definition) is 3. The van der Waals surface area contributed by atoms with Gasteiger partial charge in [0.1, 0.15) is 35.5 Å². The van der Waals surface area contributed by atoms with Gasteiger partial charge in [0, 0.05) is 14.9 Å². The summed E-state index contributed by atoms with van der Waals surface area (Å²) in [6, 6.07) is 7.73. The second kappa shape index (κ2) is 9.49. The number of aliphatic hydroxyl groups excluding tert-OH is 3. The van der Waals surface area contributed by atoms with Crippen LogP contribution in [0.1, 0.15) is 6.04 Å². The van der Waals surface area contributed by atoms with Gasteiger partial charge in [0.15, 0.2) is 17.5 Å². The third-order valence-corrected chi connectivity index (χ3v) is 6.63. The fourth-order valence-corrected chi connectivity index (χ4v) is 5.08. The Kier molecular flexibility index (Phi) is 6.89. The molecular formula is C20H17BrF3N3O4S. The van der Waals surface area contributed by atoms with Crippen LogP contribution in [0.3, 0.4) is 0 Å². The van der Waals surface area contributed by atoms with Gasteiger partial charge in [-0.3, -0.25) is 0 Å². The van der Waals surface area contributed by atoms with Crippen molar-refractivity contribution < 1.29 is 33.2 Å². The zero-order chi connectivity index (χ0) is 23.0. The van der Waals surface area contributed by atoms with Crippen LogP contribution in [0.4, 0.5) is 13.2 Å². The van der Waals surface area contributed by atoms with E-state index in [4.69, 9.17) is 4.74 Å². The number of benzene rings is 2. The van der Waals surface area contributed by atoms with Gasteiger partial charge in [-0.2, -0.15) is 0 Å². The maximum Gasteiger partial charge on any atom is 0.194 e. The van der Waals surface area contributed by atoms with Crippen LogP contribution in [0.2, 0.25) is 0 Å². The minimum Gasteiger partial charge on any atom is -0.394 e. The van der Waals surface area contributed by atoms with Gasteiger partial charge in [-0.05, 0) is 30.3 Å². The van der Waals surface area contributed by atoms with Crippen molar-refractivity contribution in [2.45, 2.75) is 34.7 Å². The Labute approximate surface area is 193 Å². The molecule has 1 fully saturated rings. The van der Waals surface area contributed by atoms with E-state index in [0.29, 0.717) is 0 Å². The number of hydrogen-bond acceptors (Lipinski definition) is 7. The molecule has 0 bridgehead atoms. The molecule has 2 aromatic carbocycles. The molecule has 2 heterocycles. The first kappa shape index (κ1) is 23.2. The Morgan fingerprint density at radius 1 is 1.09 bits per heavy atom. The topological polar surface area (TPSA) is 101 Å². The van der Waals surface area contributed by atoms with Crippen molar-refractivity contribution in [2.24, 2.45) is 0 Å². The second-order valence-corrected chi connectivity index (χ2v) is 9.20. The average molecular weight is 532 g/mol. The minimum atomic E-state index is -1.60. The van der Waals surface area contributed by atoms with E-state index in [-0.39, 0.29) is 11.3 Å². The Morgan fingerprint density at radius 2 is 1.81 bits per heavy atom. The molecule has 1 aliphatic rings. The fourth-order valence-electron chi connectivity index (χ4n) is 3.41. The van der Waals surface area contributed by atoms with Gasteiger partial charge < -0.3 is 20.1 Å². The first-order valence-electron chi connectivity index (χ1n) is 9.40. The number of nitrogens with zero attached hydrogens (tertiary/aromatic N) is 3. The highest BCUT2D eigenvalue weighted by atomic mass is 79.9. The lowest BCUT2D eigenvalue weighted by molar-refractivity contribution is -0.178. The van der Waals surface area contributed by atoms with Gasteiger partial charge in [0.05, 0.1) is 12.8 Å². The van der Waals surface area contributed by atoms with Crippen molar-refractivity contribution in [3.63, 3.8) is 0 Å². The van der Waals surface area contributed by atoms with E-state index in [1.807, 2.05) is 24.3 Å². The molecule has 0 saturated carbocycles. The summed E-state index contributed by atoms with van der Waals surface area (Å²) in [5, 5.41) is 39.0. The molecule has 4 rings (SSSR count). The van der Waals surface area contributed by atoms with Crippen molar-refractivity contribution in [3.05, 3.63) is 64.5 Å². The van der Waals surface area contributed by atoms with E-state index in [0.717, 1.165) is 26.2 Å². The van der Waals surface area contributed by atoms with Crippen LogP contribution in [-0.2, 0) is 4.74 Å². The number of rotatable bonds is 5. The highest BCUT2D eigenvalue weighted by Crippen LogP contribution is 2.38. The molecular weight excluding hydrogens is 515 g/mol. The van der Waals surface area contributed by atoms with Crippen LogP contribution >= 0.6 is 27.7 Å². The Morgan fingerprint density at radius 3 is 2.47 bits per heavy atom. The first-order valence-corrected chi connectivity index (χ1v) is 11.1. The van der Waals surface area contributed by atoms with Gasteiger partial charge in [0.2, 0.25) is 0 Å². The summed E-state index contributed by atoms with van der Waals surface area (Å²) >= 11 is 4.56. The molecule has 5 atom stereocenters. The van der Waals surface area contributed by atoms with Gasteiger partial charge in [0.25, 0.3) is 0 Å². The maximum absolute atomic E-state index is 13.6. The molecule has 32 heavy (non-hydrogen) atoms. The van der Waals surface area contributed by atoms with Gasteiger partial charge in [-0.1, -0.05) is 39.0 Å². The zero-order valence-corrected chi connectivity index (χ0v) is 18.5. The third-order valence-electron chi connectivity index (χ3n) is 4.99. The highest BCUT2D eigenvalue weighted by Gasteiger charge is 2.46. The van der Waals surface area contributed by atoms with Crippen LogP contribution in [0.25, 0.3) is 11.3 Å². The number of aromatic nitrogens is 3. The van der Waals surface area contributed by atoms with E-state index in [1.165, 1.54) is 18.0 Å². The van der Waals surface area contributed by atoms with Crippen molar-refractivity contribution in [1.29, 1.82) is 0 Å². The standard InChI is InChI=1S/C20H17BrF3N3O4S/c21-10-2-1-3-11(6-10)32-20-19(30)17(18(29)15(8-28)31-20)27-7-14(25-26-27)9-4-12(22)16(24)13(23)5-9/h1-7,15,17-20,28-30H,8H2/t15?,17?,18-,19-,20+/m0/s1. The zero-order valence-electron chi connectivity index (χ0n) is 16.1. The summed E-state index contributed by atoms with van der Waals surface area (Å²) in [7, 11) is 0. The van der Waals surface area contributed by atoms with E-state index >= 15 is 0 Å². The molecule has 7 nitrogen and oxygen atoms in total. The molecule has 2 unspecified atom stereocenters. The van der Waals surface area contributed by atoms with E-state index < -0.39 is 53.8 Å². The largest absolute Gasteiger partial charge is 0.394 e. The quantitative estimate of drug-likeness (QED) is 0.435. The van der Waals surface area contributed by atoms with Crippen molar-refractivity contribution in [2.75, 3.05) is 6.61 Å². The van der Waals surface area contributed by atoms with Crippen molar-refractivity contribution >= 4 is 27.7 Å². The molecule has 3 N–H and O–H groups in total. The Bertz CT molecular complexity index is 1100. The van der Waals surface area contributed by atoms with Crippen molar-refractivity contribution in [1.82, 2.24) is 15.0 Å². The van der Waals surface area contributed by atoms with Gasteiger partial charge in [-0.15, -0.1) is 5.10 Å². The van der Waals surface area contributed by atoms with Crippen LogP contribution in [0, 0.1) is 17.5 Å². The Balaban J connectivity index is 1.64. The number of aliphatic hydroxyl groups is 3. The minimum absolute atomic E-state index is 0.00503. The summed E-state index contributed by atoms with van der Waals surface area (Å²) in [5.41, 5.74) is -0.934. The number of ether oxygens (including phenoxy) is 1. The van der Waals surface area contributed by atoms with E-state index in [1.54, 1.807) is 0 Å². The summed E-state index contributed by atoms with van der Waals surface area (Å²) in [6.45, 7) is -0.518. The summed E-state index contributed by atoms with van der Waals surface area (Å²) in [4.78, 5) is 0.770. The van der Waals surface area contributed by atoms with Gasteiger partial charge >= 0.3 is 0 Å². The fraction of sp³-hybridized carbons (Fsp3) is 0.300. The lowest BCUT2D eigenvalue weighted by Gasteiger charge is -2.41. The highest BCUT2D eigenvalue weighted by molar-refractivity contribution is 9.10. The lowest BCUT2D eigenvalue weighted by atomic mass is 9.97. The van der Waals surface area contributed by atoms with E-state index in [9.17, 15) is 28.5 Å². The normalized spacial score (nSPS) is 25.8. The third kappa shape index (κ3) is 4.56. The molecule has 1 saturated heterocycles. The van der Waals surface area contributed by atoms with Gasteiger partial charge in [-0.25, -0.2) is 17.9 Å². The van der Waals surface area contributed by atoms with Crippen LogP contribution in [0.15, 0.2) is 52.0 Å². The first-order chi connectivity index (χ1) is 15.3. The molecule has 3 aromatic rings. The molecule has 170 valence electrons. The molecule has 0 spiro atoms. The molecule has 12 heteroatoms. The molecule has 1 aliphatic heterocycles. The maximum atomic E-state index is 13.6. The number of thioether (sulfide) groups is 1. The molecule has 1 aromatic heterocycles. The van der Waals surface area contributed by atoms with Crippen LogP contribution in [0.5, 0.6) is 0 Å². The SMILES string of the molecule is OCC1O[C@H](Sc2cccc(Br)c2)[C@@H](O)C(n2cc(-c3cc(F)c(F)c(F)c3)nn2)[C@H]1O. The van der Waals surface area contributed by atoms with Crippen molar-refractivity contribution in [3.8, 4) is 11.3 Å². The monoisotopic (exact) mass is 531 g/mol. The van der Waals surface area contributed by atoms with Crippen LogP contribution < -0.4 is 0 Å². The Hall–Kier alpha value is -1.96. The molecule has 0 radical (unpaired) electrons. The van der Waals surface area contributed by atoms with Crippen LogP contribution in [-0.4, -0.2) is 60.7 Å². The predicted octanol–water partition coefficient (Wildman–Crippen LogP) is 2.90. The predicted molar refractivity (Wildman–Crippen MR) is 112 cm³/mol. The average Bonchev–Trinajstić information content (AvgIpc) is 3.23. The summed E-state index contributed by atoms with van der Waals surface area (Å²) in [6.07, 6.45) is -2.40. The summed E-state index contributed by atoms with van der Waals surface area (Å²) in [5.74, 6) is -4.37. The van der Waals surface area contributed by atoms with E-state index in [2.05, 4.69) is 26.2 Å². The second-order valence-electron chi connectivity index (χ2n) is 7.11.